The van der Waals surface area contributed by atoms with Gasteiger partial charge in [0, 0.05) is 17.0 Å². The molecule has 0 amide bonds. The van der Waals surface area contributed by atoms with Gasteiger partial charge < -0.3 is 34.3 Å². The van der Waals surface area contributed by atoms with Gasteiger partial charge in [0.05, 0.1) is 27.9 Å². The molecule has 2 aromatic carbocycles. The summed E-state index contributed by atoms with van der Waals surface area (Å²) in [4.78, 5) is 0. The van der Waals surface area contributed by atoms with Crippen LogP contribution in [0.2, 0.25) is 0 Å². The minimum Gasteiger partial charge on any atom is -0.504 e. The molecule has 0 aromatic heterocycles. The molecule has 2 aromatic rings. The standard InChI is InChI=1S/C18H20O7/c1-22-13-5-4-11(14(20)18(13)24-3)10-6-9-7-12(19)17(23-2)15(21)16(9)25-8-10/h4-5,7,10,19-21H,6,8H2,1-3H3/t10-/m1/s1. The Morgan fingerprint density at radius 1 is 0.960 bits per heavy atom. The molecular formula is C18H20O7. The van der Waals surface area contributed by atoms with Gasteiger partial charge in [-0.1, -0.05) is 6.07 Å². The number of aromatic hydroxyl groups is 3. The second-order valence-corrected chi connectivity index (χ2v) is 5.72. The predicted molar refractivity (Wildman–Crippen MR) is 89.5 cm³/mol. The molecule has 1 atom stereocenters. The van der Waals surface area contributed by atoms with E-state index in [1.807, 2.05) is 0 Å². The molecule has 25 heavy (non-hydrogen) atoms. The highest BCUT2D eigenvalue weighted by molar-refractivity contribution is 5.63. The number of phenols is 3. The van der Waals surface area contributed by atoms with E-state index in [0.29, 0.717) is 23.3 Å². The predicted octanol–water partition coefficient (Wildman–Crippen LogP) is 2.55. The lowest BCUT2D eigenvalue weighted by Crippen LogP contribution is -2.19. The monoisotopic (exact) mass is 348 g/mol. The van der Waals surface area contributed by atoms with Gasteiger partial charge in [-0.15, -0.1) is 0 Å². The first kappa shape index (κ1) is 16.9. The fraction of sp³-hybridized carbons (Fsp3) is 0.333. The van der Waals surface area contributed by atoms with Crippen molar-refractivity contribution >= 4 is 0 Å². The SMILES string of the molecule is COc1ccc([C@H]2COc3c(cc(O)c(OC)c3O)C2)c(O)c1OC. The van der Waals surface area contributed by atoms with Crippen molar-refractivity contribution in [2.24, 2.45) is 0 Å². The highest BCUT2D eigenvalue weighted by Gasteiger charge is 2.30. The van der Waals surface area contributed by atoms with Crippen molar-refractivity contribution in [1.82, 2.24) is 0 Å². The average molecular weight is 348 g/mol. The van der Waals surface area contributed by atoms with Crippen molar-refractivity contribution < 1.29 is 34.3 Å². The maximum atomic E-state index is 10.5. The van der Waals surface area contributed by atoms with E-state index in [0.717, 1.165) is 0 Å². The maximum absolute atomic E-state index is 10.5. The van der Waals surface area contributed by atoms with Crippen molar-refractivity contribution in [2.75, 3.05) is 27.9 Å². The van der Waals surface area contributed by atoms with Crippen molar-refractivity contribution in [3.63, 3.8) is 0 Å². The summed E-state index contributed by atoms with van der Waals surface area (Å²) in [5.41, 5.74) is 1.26. The lowest BCUT2D eigenvalue weighted by molar-refractivity contribution is 0.239. The minimum absolute atomic E-state index is 0.0131. The summed E-state index contributed by atoms with van der Waals surface area (Å²) in [5, 5.41) is 30.7. The lowest BCUT2D eigenvalue weighted by atomic mass is 9.89. The van der Waals surface area contributed by atoms with Crippen LogP contribution in [0.3, 0.4) is 0 Å². The number of benzene rings is 2. The molecule has 1 heterocycles. The minimum atomic E-state index is -0.229. The molecule has 0 radical (unpaired) electrons. The van der Waals surface area contributed by atoms with Crippen molar-refractivity contribution in [3.8, 4) is 40.2 Å². The number of methoxy groups -OCH3 is 3. The van der Waals surface area contributed by atoms with Crippen LogP contribution in [-0.4, -0.2) is 43.3 Å². The summed E-state index contributed by atoms with van der Waals surface area (Å²) in [7, 11) is 4.31. The summed E-state index contributed by atoms with van der Waals surface area (Å²) in [6.07, 6.45) is 0.462. The van der Waals surface area contributed by atoms with Crippen LogP contribution >= 0.6 is 0 Å². The van der Waals surface area contributed by atoms with Gasteiger partial charge in [0.25, 0.3) is 0 Å². The first-order valence-electron chi connectivity index (χ1n) is 7.70. The third kappa shape index (κ3) is 2.71. The molecule has 3 rings (SSSR count). The molecule has 1 aliphatic heterocycles. The molecule has 3 N–H and O–H groups in total. The summed E-state index contributed by atoms with van der Waals surface area (Å²) in [6.45, 7) is 0.248. The number of phenolic OH excluding ortho intramolecular Hbond substituents is 3. The van der Waals surface area contributed by atoms with Crippen LogP contribution in [0.5, 0.6) is 40.2 Å². The molecule has 7 nitrogen and oxygen atoms in total. The molecule has 0 fully saturated rings. The molecule has 7 heteroatoms. The Morgan fingerprint density at radius 2 is 1.68 bits per heavy atom. The second-order valence-electron chi connectivity index (χ2n) is 5.72. The van der Waals surface area contributed by atoms with E-state index in [4.69, 9.17) is 18.9 Å². The topological polar surface area (TPSA) is 97.6 Å². The van der Waals surface area contributed by atoms with E-state index in [1.54, 1.807) is 12.1 Å². The van der Waals surface area contributed by atoms with Crippen LogP contribution in [0.1, 0.15) is 17.0 Å². The van der Waals surface area contributed by atoms with Gasteiger partial charge in [-0.3, -0.25) is 0 Å². The smallest absolute Gasteiger partial charge is 0.206 e. The van der Waals surface area contributed by atoms with Gasteiger partial charge in [0.15, 0.2) is 23.0 Å². The maximum Gasteiger partial charge on any atom is 0.206 e. The zero-order chi connectivity index (χ0) is 18.1. The van der Waals surface area contributed by atoms with Gasteiger partial charge in [0.1, 0.15) is 0 Å². The number of hydrogen-bond donors (Lipinski definition) is 3. The Balaban J connectivity index is 1.99. The largest absolute Gasteiger partial charge is 0.504 e. The zero-order valence-electron chi connectivity index (χ0n) is 14.2. The Morgan fingerprint density at radius 3 is 2.32 bits per heavy atom. The van der Waals surface area contributed by atoms with E-state index in [-0.39, 0.29) is 47.0 Å². The van der Waals surface area contributed by atoms with E-state index in [9.17, 15) is 15.3 Å². The van der Waals surface area contributed by atoms with Crippen molar-refractivity contribution in [3.05, 3.63) is 29.3 Å². The van der Waals surface area contributed by atoms with E-state index >= 15 is 0 Å². The summed E-state index contributed by atoms with van der Waals surface area (Å²) >= 11 is 0. The third-order valence-corrected chi connectivity index (χ3v) is 4.36. The third-order valence-electron chi connectivity index (χ3n) is 4.36. The molecule has 0 unspecified atom stereocenters. The van der Waals surface area contributed by atoms with Crippen LogP contribution in [-0.2, 0) is 6.42 Å². The number of ether oxygens (including phenoxy) is 4. The molecule has 134 valence electrons. The molecular weight excluding hydrogens is 328 g/mol. The molecule has 0 saturated heterocycles. The van der Waals surface area contributed by atoms with Gasteiger partial charge in [-0.25, -0.2) is 0 Å². The summed E-state index contributed by atoms with van der Waals surface area (Å²) < 4.78 is 21.1. The quantitative estimate of drug-likeness (QED) is 0.781. The fourth-order valence-electron chi connectivity index (χ4n) is 3.15. The highest BCUT2D eigenvalue weighted by Crippen LogP contribution is 2.50. The van der Waals surface area contributed by atoms with E-state index in [2.05, 4.69) is 0 Å². The first-order chi connectivity index (χ1) is 12.0. The highest BCUT2D eigenvalue weighted by atomic mass is 16.5. The van der Waals surface area contributed by atoms with Crippen LogP contribution < -0.4 is 18.9 Å². The molecule has 0 saturated carbocycles. The van der Waals surface area contributed by atoms with Crippen molar-refractivity contribution in [2.45, 2.75) is 12.3 Å². The fourth-order valence-corrected chi connectivity index (χ4v) is 3.15. The molecule has 0 spiro atoms. The summed E-state index contributed by atoms with van der Waals surface area (Å²) in [6, 6.07) is 4.96. The average Bonchev–Trinajstić information content (AvgIpc) is 2.61. The number of fused-ring (bicyclic) bond motifs is 1. The van der Waals surface area contributed by atoms with Gasteiger partial charge in [-0.05, 0) is 18.6 Å². The van der Waals surface area contributed by atoms with Gasteiger partial charge >= 0.3 is 0 Å². The van der Waals surface area contributed by atoms with E-state index < -0.39 is 0 Å². The lowest BCUT2D eigenvalue weighted by Gasteiger charge is -2.28. The molecule has 1 aliphatic rings. The number of hydrogen-bond acceptors (Lipinski definition) is 7. The van der Waals surface area contributed by atoms with Gasteiger partial charge in [-0.2, -0.15) is 0 Å². The Bertz CT molecular complexity index is 801. The van der Waals surface area contributed by atoms with E-state index in [1.165, 1.54) is 27.4 Å². The zero-order valence-corrected chi connectivity index (χ0v) is 14.2. The van der Waals surface area contributed by atoms with Crippen LogP contribution in [0.15, 0.2) is 18.2 Å². The summed E-state index contributed by atoms with van der Waals surface area (Å²) in [5.74, 6) is 0.358. The van der Waals surface area contributed by atoms with Crippen LogP contribution in [0, 0.1) is 0 Å². The van der Waals surface area contributed by atoms with Gasteiger partial charge in [0.2, 0.25) is 17.2 Å². The van der Waals surface area contributed by atoms with Crippen molar-refractivity contribution in [1.29, 1.82) is 0 Å². The van der Waals surface area contributed by atoms with Crippen LogP contribution in [0.25, 0.3) is 0 Å². The number of rotatable bonds is 4. The Labute approximate surface area is 145 Å². The van der Waals surface area contributed by atoms with Crippen LogP contribution in [0.4, 0.5) is 0 Å². The second kappa shape index (κ2) is 6.51. The molecule has 0 bridgehead atoms. The Kier molecular flexibility index (Phi) is 4.39. The first-order valence-corrected chi connectivity index (χ1v) is 7.70. The Hall–Kier alpha value is -2.96. The normalized spacial score (nSPS) is 15.9. The molecule has 0 aliphatic carbocycles.